The summed E-state index contributed by atoms with van der Waals surface area (Å²) in [5, 5.41) is 41.8. The predicted octanol–water partition coefficient (Wildman–Crippen LogP) is 17.6. The number of aliphatic hydroxyl groups is 4. The first-order chi connectivity index (χ1) is 36.4. The maximum absolute atomic E-state index is 10.9. The van der Waals surface area contributed by atoms with E-state index in [1.165, 1.54) is 270 Å². The van der Waals surface area contributed by atoms with Gasteiger partial charge in [-0.15, -0.1) is 0 Å². The Bertz CT molecular complexity index is 980. The normalized spacial score (nSPS) is 18.3. The molecule has 1 saturated heterocycles. The number of unbranched alkanes of at least 4 members (excludes halogenated alkanes) is 45. The molecule has 9 heteroatoms. The third-order valence-corrected chi connectivity index (χ3v) is 16.1. The second kappa shape index (κ2) is 55.9. The van der Waals surface area contributed by atoms with Crippen molar-refractivity contribution in [2.24, 2.45) is 5.41 Å². The molecule has 0 aliphatic carbocycles. The fraction of sp³-hybridized carbons (Fsp3) is 1.00. The van der Waals surface area contributed by atoms with E-state index in [9.17, 15) is 20.4 Å². The first-order valence-corrected chi connectivity index (χ1v) is 33.1. The van der Waals surface area contributed by atoms with E-state index < -0.39 is 42.7 Å². The highest BCUT2D eigenvalue weighted by Gasteiger charge is 2.45. The van der Waals surface area contributed by atoms with Gasteiger partial charge >= 0.3 is 0 Å². The molecule has 1 aliphatic heterocycles. The van der Waals surface area contributed by atoms with Crippen molar-refractivity contribution in [2.75, 3.05) is 52.9 Å². The van der Waals surface area contributed by atoms with E-state index in [2.05, 4.69) is 20.8 Å². The summed E-state index contributed by atoms with van der Waals surface area (Å²) < 4.78 is 31.5. The highest BCUT2D eigenvalue weighted by Crippen LogP contribution is 2.28. The lowest BCUT2D eigenvalue weighted by atomic mass is 9.91. The van der Waals surface area contributed by atoms with Crippen LogP contribution < -0.4 is 0 Å². The summed E-state index contributed by atoms with van der Waals surface area (Å²) in [5.74, 6) is 0. The molecule has 0 unspecified atom stereocenters. The first-order valence-electron chi connectivity index (χ1n) is 33.1. The van der Waals surface area contributed by atoms with Crippen LogP contribution in [0.1, 0.15) is 329 Å². The van der Waals surface area contributed by atoms with Gasteiger partial charge in [0.2, 0.25) is 0 Å². The average molecular weight is 1060 g/mol. The van der Waals surface area contributed by atoms with E-state index in [0.29, 0.717) is 39.6 Å². The van der Waals surface area contributed by atoms with E-state index in [1.54, 1.807) is 0 Å². The van der Waals surface area contributed by atoms with Crippen molar-refractivity contribution >= 4 is 0 Å². The molecule has 5 atom stereocenters. The van der Waals surface area contributed by atoms with Crippen molar-refractivity contribution < 1.29 is 44.1 Å². The van der Waals surface area contributed by atoms with E-state index in [0.717, 1.165) is 38.5 Å². The van der Waals surface area contributed by atoms with Crippen molar-refractivity contribution in [1.29, 1.82) is 0 Å². The van der Waals surface area contributed by atoms with Crippen LogP contribution in [0.3, 0.4) is 0 Å². The molecule has 1 aliphatic rings. The summed E-state index contributed by atoms with van der Waals surface area (Å²) in [4.78, 5) is 0. The fourth-order valence-corrected chi connectivity index (χ4v) is 10.8. The summed E-state index contributed by atoms with van der Waals surface area (Å²) in [5.41, 5.74) is -0.669. The minimum atomic E-state index is -1.50. The van der Waals surface area contributed by atoms with Crippen molar-refractivity contribution in [3.05, 3.63) is 0 Å². The van der Waals surface area contributed by atoms with Crippen molar-refractivity contribution in [2.45, 2.75) is 360 Å². The first kappa shape index (κ1) is 71.7. The smallest absolute Gasteiger partial charge is 0.186 e. The summed E-state index contributed by atoms with van der Waals surface area (Å²) >= 11 is 0. The summed E-state index contributed by atoms with van der Waals surface area (Å²) in [6.45, 7) is 9.57. The average Bonchev–Trinajstić information content (AvgIpc) is 3.41. The molecule has 9 nitrogen and oxygen atoms in total. The predicted molar refractivity (Wildman–Crippen MR) is 313 cm³/mol. The standard InChI is InChI=1S/C65H130O9/c1-4-7-10-13-16-19-22-25-28-31-34-37-40-43-46-49-52-70-56-65(59-73-64-63(69)62(68)61(67)60(55-66)74-64,57-71-53-50-47-44-41-38-35-32-29-26-23-20-17-14-11-8-5-2)58-72-54-51-48-45-42-39-36-33-30-27-24-21-18-15-12-9-6-3/h60-64,66-69H,4-59H2,1-3H3/t60-,61+,62+,63-,64+/m1/s1. The van der Waals surface area contributed by atoms with Gasteiger partial charge in [0, 0.05) is 19.8 Å². The zero-order valence-corrected chi connectivity index (χ0v) is 49.8. The zero-order valence-electron chi connectivity index (χ0n) is 49.8. The molecular formula is C65H130O9. The molecule has 0 aromatic rings. The van der Waals surface area contributed by atoms with Gasteiger partial charge in [0.05, 0.1) is 38.4 Å². The summed E-state index contributed by atoms with van der Waals surface area (Å²) in [6, 6.07) is 0. The maximum atomic E-state index is 10.9. The van der Waals surface area contributed by atoms with Gasteiger partial charge < -0.3 is 44.1 Å². The Hall–Kier alpha value is -0.360. The van der Waals surface area contributed by atoms with Crippen LogP contribution in [-0.4, -0.2) is 104 Å². The fourth-order valence-electron chi connectivity index (χ4n) is 10.8. The molecule has 0 radical (unpaired) electrons. The van der Waals surface area contributed by atoms with E-state index in [4.69, 9.17) is 23.7 Å². The lowest BCUT2D eigenvalue weighted by Gasteiger charge is -2.41. The molecule has 1 heterocycles. The number of hydrogen-bond donors (Lipinski definition) is 4. The molecule has 0 spiro atoms. The number of rotatable bonds is 61. The third-order valence-electron chi connectivity index (χ3n) is 16.1. The quantitative estimate of drug-likeness (QED) is 0.0440. The van der Waals surface area contributed by atoms with Crippen LogP contribution in [0.2, 0.25) is 0 Å². The molecule has 0 amide bonds. The number of ether oxygens (including phenoxy) is 5. The van der Waals surface area contributed by atoms with Crippen molar-refractivity contribution in [3.63, 3.8) is 0 Å². The number of aliphatic hydroxyl groups excluding tert-OH is 4. The maximum Gasteiger partial charge on any atom is 0.186 e. The Kier molecular flexibility index (Phi) is 54.2. The summed E-state index contributed by atoms with van der Waals surface area (Å²) in [7, 11) is 0. The molecule has 444 valence electrons. The van der Waals surface area contributed by atoms with Crippen LogP contribution >= 0.6 is 0 Å². The lowest BCUT2D eigenvalue weighted by molar-refractivity contribution is -0.309. The van der Waals surface area contributed by atoms with Crippen LogP contribution in [0.4, 0.5) is 0 Å². The SMILES string of the molecule is CCCCCCCCCCCCCCCCCCOCC(COCCCCCCCCCCCCCCCCCC)(COCCCCCCCCCCCCCCCCCC)CO[C@H]1O[C@H](CO)[C@H](O)[C@H](O)[C@H]1O. The van der Waals surface area contributed by atoms with Gasteiger partial charge in [-0.3, -0.25) is 0 Å². The van der Waals surface area contributed by atoms with Gasteiger partial charge in [-0.1, -0.05) is 310 Å². The Morgan fingerprint density at radius 3 is 0.757 bits per heavy atom. The molecule has 0 aromatic carbocycles. The minimum Gasteiger partial charge on any atom is -0.394 e. The Morgan fingerprint density at radius 1 is 0.297 bits per heavy atom. The third kappa shape index (κ3) is 43.5. The second-order valence-electron chi connectivity index (χ2n) is 23.6. The highest BCUT2D eigenvalue weighted by atomic mass is 16.7. The van der Waals surface area contributed by atoms with Crippen LogP contribution in [-0.2, 0) is 23.7 Å². The molecule has 74 heavy (non-hydrogen) atoms. The van der Waals surface area contributed by atoms with Gasteiger partial charge in [0.15, 0.2) is 6.29 Å². The number of hydrogen-bond acceptors (Lipinski definition) is 9. The molecular weight excluding hydrogens is 925 g/mol. The second-order valence-corrected chi connectivity index (χ2v) is 23.6. The van der Waals surface area contributed by atoms with Crippen LogP contribution in [0.25, 0.3) is 0 Å². The summed E-state index contributed by atoms with van der Waals surface area (Å²) in [6.07, 6.45) is 57.2. The molecule has 1 fully saturated rings. The Labute approximate surface area is 460 Å². The highest BCUT2D eigenvalue weighted by molar-refractivity contribution is 4.90. The van der Waals surface area contributed by atoms with Crippen LogP contribution in [0.15, 0.2) is 0 Å². The molecule has 4 N–H and O–H groups in total. The van der Waals surface area contributed by atoms with E-state index in [-0.39, 0.29) is 6.61 Å². The Morgan fingerprint density at radius 2 is 0.527 bits per heavy atom. The van der Waals surface area contributed by atoms with Gasteiger partial charge in [0.1, 0.15) is 24.4 Å². The van der Waals surface area contributed by atoms with Crippen LogP contribution in [0, 0.1) is 5.41 Å². The zero-order chi connectivity index (χ0) is 53.5. The lowest BCUT2D eigenvalue weighted by Crippen LogP contribution is -2.59. The molecule has 0 saturated carbocycles. The van der Waals surface area contributed by atoms with E-state index in [1.807, 2.05) is 0 Å². The van der Waals surface area contributed by atoms with E-state index >= 15 is 0 Å². The molecule has 1 rings (SSSR count). The van der Waals surface area contributed by atoms with Crippen LogP contribution in [0.5, 0.6) is 0 Å². The topological polar surface area (TPSA) is 127 Å². The minimum absolute atomic E-state index is 0.118. The Balaban J connectivity index is 2.64. The van der Waals surface area contributed by atoms with Crippen molar-refractivity contribution in [3.8, 4) is 0 Å². The van der Waals surface area contributed by atoms with Gasteiger partial charge in [-0.25, -0.2) is 0 Å². The largest absolute Gasteiger partial charge is 0.394 e. The molecule has 0 aromatic heterocycles. The van der Waals surface area contributed by atoms with Gasteiger partial charge in [0.25, 0.3) is 0 Å². The van der Waals surface area contributed by atoms with Gasteiger partial charge in [-0.05, 0) is 19.3 Å². The monoisotopic (exact) mass is 1050 g/mol. The van der Waals surface area contributed by atoms with Gasteiger partial charge in [-0.2, -0.15) is 0 Å². The van der Waals surface area contributed by atoms with Crippen molar-refractivity contribution in [1.82, 2.24) is 0 Å². The molecule has 0 bridgehead atoms.